The highest BCUT2D eigenvalue weighted by molar-refractivity contribution is 5.88. The Morgan fingerprint density at radius 1 is 0.741 bits per heavy atom. The van der Waals surface area contributed by atoms with E-state index >= 15 is 0 Å². The molecule has 0 saturated heterocycles. The number of hydrogen-bond acceptors (Lipinski definition) is 0. The van der Waals surface area contributed by atoms with Crippen LogP contribution in [0.1, 0.15) is 23.6 Å². The lowest BCUT2D eigenvalue weighted by atomic mass is 10.1. The summed E-state index contributed by atoms with van der Waals surface area (Å²) in [6.07, 6.45) is 7.16. The van der Waals surface area contributed by atoms with E-state index in [2.05, 4.69) is 95.6 Å². The van der Waals surface area contributed by atoms with Crippen LogP contribution in [-0.4, -0.2) is 4.57 Å². The number of nitrogens with zero attached hydrogens (tertiary/aromatic N) is 1. The molecule has 1 fully saturated rings. The summed E-state index contributed by atoms with van der Waals surface area (Å²) in [6.45, 7) is 0. The first-order chi connectivity index (χ1) is 13.4. The molecule has 0 radical (unpaired) electrons. The molecule has 6 rings (SSSR count). The van der Waals surface area contributed by atoms with Crippen molar-refractivity contribution in [2.45, 2.75) is 18.8 Å². The normalized spacial score (nSPS) is 20.1. The Kier molecular flexibility index (Phi) is 3.19. The quantitative estimate of drug-likeness (QED) is 0.364. The van der Waals surface area contributed by atoms with Crippen molar-refractivity contribution >= 4 is 10.9 Å². The third-order valence-corrected chi connectivity index (χ3v) is 6.15. The van der Waals surface area contributed by atoms with E-state index in [-0.39, 0.29) is 0 Å². The zero-order valence-electron chi connectivity index (χ0n) is 15.2. The minimum absolute atomic E-state index is 0.681. The van der Waals surface area contributed by atoms with Gasteiger partial charge in [0.15, 0.2) is 0 Å². The monoisotopic (exact) mass is 347 g/mol. The van der Waals surface area contributed by atoms with Crippen LogP contribution in [0.15, 0.2) is 91.0 Å². The van der Waals surface area contributed by atoms with Gasteiger partial charge in [-0.25, -0.2) is 0 Å². The fourth-order valence-corrected chi connectivity index (χ4v) is 4.74. The van der Waals surface area contributed by atoms with Gasteiger partial charge in [-0.1, -0.05) is 72.8 Å². The van der Waals surface area contributed by atoms with Gasteiger partial charge in [-0.3, -0.25) is 0 Å². The number of benzene rings is 3. The Bertz CT molecular complexity index is 1160. The van der Waals surface area contributed by atoms with Crippen molar-refractivity contribution in [3.63, 3.8) is 0 Å². The molecule has 4 aromatic rings. The van der Waals surface area contributed by atoms with Crippen molar-refractivity contribution in [3.8, 4) is 16.8 Å². The van der Waals surface area contributed by atoms with Gasteiger partial charge in [-0.2, -0.15) is 0 Å². The van der Waals surface area contributed by atoms with Gasteiger partial charge in [-0.05, 0) is 53.6 Å². The van der Waals surface area contributed by atoms with Gasteiger partial charge in [0.05, 0.1) is 5.52 Å². The van der Waals surface area contributed by atoms with E-state index in [9.17, 15) is 0 Å². The van der Waals surface area contributed by atoms with E-state index in [4.69, 9.17) is 0 Å². The molecule has 1 aromatic heterocycles. The van der Waals surface area contributed by atoms with Gasteiger partial charge >= 0.3 is 0 Å². The standard InChI is InChI=1S/C26H21N/c1-2-7-18(8-3-1)19-13-15-21(16-14-19)27-25-12-5-4-10-22(25)23-11-6-9-20-17-24(20)26(23)27/h1-10,12-16,20,24H,11,17H2. The van der Waals surface area contributed by atoms with Gasteiger partial charge in [0.25, 0.3) is 0 Å². The predicted molar refractivity (Wildman–Crippen MR) is 112 cm³/mol. The molecular formula is C26H21N. The van der Waals surface area contributed by atoms with Crippen LogP contribution in [0.4, 0.5) is 0 Å². The fraction of sp³-hybridized carbons (Fsp3) is 0.154. The highest BCUT2D eigenvalue weighted by Gasteiger charge is 2.42. The molecule has 2 aliphatic carbocycles. The van der Waals surface area contributed by atoms with Crippen molar-refractivity contribution in [2.75, 3.05) is 0 Å². The Labute approximate surface area is 159 Å². The lowest BCUT2D eigenvalue weighted by Gasteiger charge is -2.13. The molecular weight excluding hydrogens is 326 g/mol. The van der Waals surface area contributed by atoms with Crippen LogP contribution in [0.3, 0.4) is 0 Å². The molecule has 2 atom stereocenters. The summed E-state index contributed by atoms with van der Waals surface area (Å²) < 4.78 is 2.52. The average Bonchev–Trinajstić information content (AvgIpc) is 3.45. The first-order valence-electron chi connectivity index (χ1n) is 9.85. The van der Waals surface area contributed by atoms with Gasteiger partial charge in [0.2, 0.25) is 0 Å². The lowest BCUT2D eigenvalue weighted by molar-refractivity contribution is 0.902. The summed E-state index contributed by atoms with van der Waals surface area (Å²) in [5, 5.41) is 1.41. The first kappa shape index (κ1) is 15.0. The molecule has 2 aliphatic rings. The van der Waals surface area contributed by atoms with E-state index in [0.717, 1.165) is 12.3 Å². The van der Waals surface area contributed by atoms with Crippen LogP contribution in [-0.2, 0) is 6.42 Å². The summed E-state index contributed by atoms with van der Waals surface area (Å²) in [7, 11) is 0. The zero-order chi connectivity index (χ0) is 17.8. The highest BCUT2D eigenvalue weighted by atomic mass is 15.0. The molecule has 0 amide bonds. The lowest BCUT2D eigenvalue weighted by Crippen LogP contribution is -2.01. The van der Waals surface area contributed by atoms with Crippen LogP contribution in [0.25, 0.3) is 27.7 Å². The van der Waals surface area contributed by atoms with Gasteiger partial charge in [0, 0.05) is 22.7 Å². The Morgan fingerprint density at radius 3 is 2.33 bits per heavy atom. The van der Waals surface area contributed by atoms with E-state index in [1.807, 2.05) is 0 Å². The molecule has 1 nitrogen and oxygen atoms in total. The third-order valence-electron chi connectivity index (χ3n) is 6.15. The van der Waals surface area contributed by atoms with E-state index in [1.54, 1.807) is 5.69 Å². The Hall–Kier alpha value is -3.06. The number of fused-ring (bicyclic) bond motifs is 5. The molecule has 1 heterocycles. The molecule has 27 heavy (non-hydrogen) atoms. The Balaban J connectivity index is 1.54. The van der Waals surface area contributed by atoms with E-state index in [0.29, 0.717) is 5.92 Å². The second-order valence-corrected chi connectivity index (χ2v) is 7.77. The van der Waals surface area contributed by atoms with Crippen molar-refractivity contribution < 1.29 is 0 Å². The van der Waals surface area contributed by atoms with Crippen molar-refractivity contribution in [3.05, 3.63) is 102 Å². The smallest absolute Gasteiger partial charge is 0.0534 e. The molecule has 1 saturated carbocycles. The fourth-order valence-electron chi connectivity index (χ4n) is 4.74. The second-order valence-electron chi connectivity index (χ2n) is 7.77. The summed E-state index contributed by atoms with van der Waals surface area (Å²) in [5.74, 6) is 1.41. The summed E-state index contributed by atoms with van der Waals surface area (Å²) in [5.41, 5.74) is 8.23. The van der Waals surface area contributed by atoms with E-state index < -0.39 is 0 Å². The third kappa shape index (κ3) is 2.31. The maximum absolute atomic E-state index is 2.52. The van der Waals surface area contributed by atoms with Crippen LogP contribution >= 0.6 is 0 Å². The predicted octanol–water partition coefficient (Wildman–Crippen LogP) is 6.51. The Morgan fingerprint density at radius 2 is 1.48 bits per heavy atom. The number of hydrogen-bond donors (Lipinski definition) is 0. The van der Waals surface area contributed by atoms with E-state index in [1.165, 1.54) is 39.7 Å². The van der Waals surface area contributed by atoms with Crippen molar-refractivity contribution in [1.29, 1.82) is 0 Å². The minimum Gasteiger partial charge on any atom is -0.313 e. The average molecular weight is 347 g/mol. The molecule has 0 N–H and O–H groups in total. The largest absolute Gasteiger partial charge is 0.313 e. The number of rotatable bonds is 2. The molecule has 3 aromatic carbocycles. The van der Waals surface area contributed by atoms with Crippen molar-refractivity contribution in [2.24, 2.45) is 5.92 Å². The molecule has 130 valence electrons. The topological polar surface area (TPSA) is 4.93 Å². The molecule has 1 heteroatoms. The number of aromatic nitrogens is 1. The van der Waals surface area contributed by atoms with Crippen LogP contribution < -0.4 is 0 Å². The van der Waals surface area contributed by atoms with Gasteiger partial charge < -0.3 is 4.57 Å². The maximum Gasteiger partial charge on any atom is 0.0534 e. The van der Waals surface area contributed by atoms with Gasteiger partial charge in [0.1, 0.15) is 0 Å². The number of allylic oxidation sites excluding steroid dienone is 2. The summed E-state index contributed by atoms with van der Waals surface area (Å²) >= 11 is 0. The molecule has 2 unspecified atom stereocenters. The molecule has 0 bridgehead atoms. The van der Waals surface area contributed by atoms with Gasteiger partial charge in [-0.15, -0.1) is 0 Å². The van der Waals surface area contributed by atoms with Crippen molar-refractivity contribution in [1.82, 2.24) is 4.57 Å². The zero-order valence-corrected chi connectivity index (χ0v) is 15.2. The highest BCUT2D eigenvalue weighted by Crippen LogP contribution is 2.53. The van der Waals surface area contributed by atoms with Crippen LogP contribution in [0.5, 0.6) is 0 Å². The van der Waals surface area contributed by atoms with Crippen LogP contribution in [0, 0.1) is 5.92 Å². The van der Waals surface area contributed by atoms with Crippen LogP contribution in [0.2, 0.25) is 0 Å². The molecule has 0 aliphatic heterocycles. The maximum atomic E-state index is 2.52. The minimum atomic E-state index is 0.681. The summed E-state index contributed by atoms with van der Waals surface area (Å²) in [4.78, 5) is 0. The second kappa shape index (κ2) is 5.72. The first-order valence-corrected chi connectivity index (χ1v) is 9.85. The molecule has 0 spiro atoms. The summed E-state index contributed by atoms with van der Waals surface area (Å²) in [6, 6.07) is 28.6. The number of para-hydroxylation sites is 1. The SMILES string of the molecule is C1=CC2CC2c2c(c3ccccc3n2-c2ccc(-c3ccccc3)cc2)C1.